The zero-order valence-corrected chi connectivity index (χ0v) is 15.7. The van der Waals surface area contributed by atoms with Gasteiger partial charge >= 0.3 is 0 Å². The highest BCUT2D eigenvalue weighted by Crippen LogP contribution is 2.31. The van der Waals surface area contributed by atoms with Crippen LogP contribution in [-0.4, -0.2) is 39.1 Å². The Labute approximate surface area is 160 Å². The number of nitrogens with zero attached hydrogens (tertiary/aromatic N) is 4. The maximum Gasteiger partial charge on any atom is 0.259 e. The highest BCUT2D eigenvalue weighted by atomic mass is 32.1. The van der Waals surface area contributed by atoms with Crippen LogP contribution in [0.3, 0.4) is 0 Å². The molecule has 140 valence electrons. The number of aryl methyl sites for hydroxylation is 1. The van der Waals surface area contributed by atoms with Crippen molar-refractivity contribution in [1.82, 2.24) is 20.1 Å². The maximum absolute atomic E-state index is 13.7. The number of aromatic nitrogens is 3. The molecule has 1 aliphatic rings. The number of thiazole rings is 1. The number of rotatable bonds is 4. The molecule has 27 heavy (non-hydrogen) atoms. The van der Waals surface area contributed by atoms with Crippen molar-refractivity contribution in [2.75, 3.05) is 13.1 Å². The fourth-order valence-electron chi connectivity index (χ4n) is 3.29. The van der Waals surface area contributed by atoms with Gasteiger partial charge in [-0.1, -0.05) is 18.2 Å². The molecule has 4 rings (SSSR count). The minimum absolute atomic E-state index is 0.0509. The molecule has 0 atom stereocenters. The highest BCUT2D eigenvalue weighted by molar-refractivity contribution is 7.13. The lowest BCUT2D eigenvalue weighted by Gasteiger charge is -2.30. The van der Waals surface area contributed by atoms with Crippen LogP contribution in [0.15, 0.2) is 34.2 Å². The van der Waals surface area contributed by atoms with Crippen LogP contribution in [0.4, 0.5) is 4.39 Å². The highest BCUT2D eigenvalue weighted by Gasteiger charge is 2.28. The van der Waals surface area contributed by atoms with Crippen LogP contribution in [-0.2, 0) is 11.2 Å². The summed E-state index contributed by atoms with van der Waals surface area (Å²) >= 11 is 1.48. The van der Waals surface area contributed by atoms with Gasteiger partial charge < -0.3 is 9.32 Å². The van der Waals surface area contributed by atoms with Crippen LogP contribution in [0.5, 0.6) is 0 Å². The van der Waals surface area contributed by atoms with Crippen LogP contribution in [0, 0.1) is 12.7 Å². The summed E-state index contributed by atoms with van der Waals surface area (Å²) in [6, 6.07) is 6.41. The van der Waals surface area contributed by atoms with Crippen molar-refractivity contribution in [2.24, 2.45) is 0 Å². The van der Waals surface area contributed by atoms with E-state index in [9.17, 15) is 9.18 Å². The van der Waals surface area contributed by atoms with Gasteiger partial charge in [-0.25, -0.2) is 9.37 Å². The third kappa shape index (κ3) is 3.75. The number of amides is 1. The number of piperidine rings is 1. The molecule has 0 unspecified atom stereocenters. The summed E-state index contributed by atoms with van der Waals surface area (Å²) in [4.78, 5) is 19.3. The number of halogens is 1. The fraction of sp³-hybridized carbons (Fsp3) is 0.368. The third-order valence-corrected chi connectivity index (χ3v) is 5.79. The van der Waals surface area contributed by atoms with Crippen molar-refractivity contribution in [2.45, 2.75) is 32.1 Å². The van der Waals surface area contributed by atoms with Gasteiger partial charge in [0.2, 0.25) is 11.8 Å². The van der Waals surface area contributed by atoms with Crippen LogP contribution in [0.2, 0.25) is 0 Å². The number of benzene rings is 1. The van der Waals surface area contributed by atoms with E-state index in [1.807, 2.05) is 6.92 Å². The Balaban J connectivity index is 1.36. The van der Waals surface area contributed by atoms with Crippen LogP contribution < -0.4 is 0 Å². The molecule has 2 aromatic heterocycles. The number of hydrogen-bond donors (Lipinski definition) is 0. The lowest BCUT2D eigenvalue weighted by molar-refractivity contribution is -0.131. The quantitative estimate of drug-likeness (QED) is 0.685. The largest absolute Gasteiger partial charge is 0.420 e. The molecule has 0 aliphatic carbocycles. The molecule has 0 saturated carbocycles. The van der Waals surface area contributed by atoms with Gasteiger partial charge in [0.25, 0.3) is 5.89 Å². The molecule has 1 amide bonds. The van der Waals surface area contributed by atoms with E-state index < -0.39 is 0 Å². The first-order valence-electron chi connectivity index (χ1n) is 8.87. The number of carbonyl (C=O) groups is 1. The van der Waals surface area contributed by atoms with Crippen molar-refractivity contribution >= 4 is 17.2 Å². The summed E-state index contributed by atoms with van der Waals surface area (Å²) in [5.41, 5.74) is 3.07. The van der Waals surface area contributed by atoms with Crippen molar-refractivity contribution in [3.05, 3.63) is 52.7 Å². The Hall–Kier alpha value is -2.61. The number of hydrogen-bond acceptors (Lipinski definition) is 6. The van der Waals surface area contributed by atoms with Gasteiger partial charge in [-0.05, 0) is 31.4 Å². The predicted molar refractivity (Wildman–Crippen MR) is 98.8 cm³/mol. The van der Waals surface area contributed by atoms with E-state index in [-0.39, 0.29) is 24.1 Å². The average Bonchev–Trinajstić information content (AvgIpc) is 3.32. The molecule has 8 heteroatoms. The lowest BCUT2D eigenvalue weighted by Crippen LogP contribution is -2.39. The molecule has 3 heterocycles. The zero-order valence-electron chi connectivity index (χ0n) is 14.9. The predicted octanol–water partition coefficient (Wildman–Crippen LogP) is 3.59. The molecule has 1 aromatic carbocycles. The molecule has 0 spiro atoms. The second-order valence-electron chi connectivity index (χ2n) is 6.64. The lowest BCUT2D eigenvalue weighted by atomic mass is 9.96. The second-order valence-corrected chi connectivity index (χ2v) is 7.49. The van der Waals surface area contributed by atoms with E-state index in [2.05, 4.69) is 15.2 Å². The van der Waals surface area contributed by atoms with Gasteiger partial charge in [0.05, 0.1) is 17.6 Å². The first kappa shape index (κ1) is 17.8. The molecule has 0 bridgehead atoms. The first-order chi connectivity index (χ1) is 13.1. The smallest absolute Gasteiger partial charge is 0.259 e. The molecular formula is C19H19FN4O2S. The van der Waals surface area contributed by atoms with Crippen LogP contribution >= 0.6 is 11.3 Å². The zero-order chi connectivity index (χ0) is 18.8. The van der Waals surface area contributed by atoms with Gasteiger partial charge in [0.1, 0.15) is 10.7 Å². The van der Waals surface area contributed by atoms with Crippen molar-refractivity contribution in [3.63, 3.8) is 0 Å². The third-order valence-electron chi connectivity index (χ3n) is 4.88. The topological polar surface area (TPSA) is 72.1 Å². The van der Waals surface area contributed by atoms with E-state index in [1.165, 1.54) is 17.4 Å². The van der Waals surface area contributed by atoms with Gasteiger partial charge in [0, 0.05) is 19.0 Å². The van der Waals surface area contributed by atoms with E-state index in [0.717, 1.165) is 23.4 Å². The molecule has 3 aromatic rings. The standard InChI is InChI=1S/C19H19FN4O2S/c1-12-17(27-11-21-12)19-23-22-18(26-19)13-6-8-24(9-7-13)16(25)10-14-4-2-3-5-15(14)20/h2-5,11,13H,6-10H2,1H3. The van der Waals surface area contributed by atoms with Gasteiger partial charge in [-0.2, -0.15) is 0 Å². The van der Waals surface area contributed by atoms with E-state index in [1.54, 1.807) is 28.6 Å². The fourth-order valence-corrected chi connectivity index (χ4v) is 4.01. The Morgan fingerprint density at radius 1 is 1.30 bits per heavy atom. The van der Waals surface area contributed by atoms with Crippen LogP contribution in [0.1, 0.15) is 35.9 Å². The number of likely N-dealkylation sites (tertiary alicyclic amines) is 1. The minimum atomic E-state index is -0.336. The molecule has 1 fully saturated rings. The summed E-state index contributed by atoms with van der Waals surface area (Å²) in [6.45, 7) is 3.12. The summed E-state index contributed by atoms with van der Waals surface area (Å²) in [7, 11) is 0. The number of carbonyl (C=O) groups excluding carboxylic acids is 1. The summed E-state index contributed by atoms with van der Waals surface area (Å²) in [5.74, 6) is 0.863. The Morgan fingerprint density at radius 3 is 2.78 bits per heavy atom. The monoisotopic (exact) mass is 386 g/mol. The molecule has 6 nitrogen and oxygen atoms in total. The van der Waals surface area contributed by atoms with Crippen molar-refractivity contribution in [3.8, 4) is 10.8 Å². The van der Waals surface area contributed by atoms with Crippen molar-refractivity contribution < 1.29 is 13.6 Å². The molecule has 1 saturated heterocycles. The average molecular weight is 386 g/mol. The van der Waals surface area contributed by atoms with E-state index in [4.69, 9.17) is 4.42 Å². The summed E-state index contributed by atoms with van der Waals surface area (Å²) in [5, 5.41) is 8.34. The normalized spacial score (nSPS) is 15.3. The summed E-state index contributed by atoms with van der Waals surface area (Å²) in [6.07, 6.45) is 1.60. The minimum Gasteiger partial charge on any atom is -0.420 e. The van der Waals surface area contributed by atoms with Gasteiger partial charge in [0.15, 0.2) is 0 Å². The molecular weight excluding hydrogens is 367 g/mol. The van der Waals surface area contributed by atoms with Gasteiger partial charge in [-0.3, -0.25) is 4.79 Å². The van der Waals surface area contributed by atoms with Crippen LogP contribution in [0.25, 0.3) is 10.8 Å². The first-order valence-corrected chi connectivity index (χ1v) is 9.75. The molecule has 0 N–H and O–H groups in total. The van der Waals surface area contributed by atoms with E-state index >= 15 is 0 Å². The Kier molecular flexibility index (Phi) is 4.98. The maximum atomic E-state index is 13.7. The van der Waals surface area contributed by atoms with Crippen molar-refractivity contribution in [1.29, 1.82) is 0 Å². The van der Waals surface area contributed by atoms with E-state index in [0.29, 0.717) is 30.4 Å². The SMILES string of the molecule is Cc1ncsc1-c1nnc(C2CCN(C(=O)Cc3ccccc3F)CC2)o1. The molecule has 1 aliphatic heterocycles. The second kappa shape index (κ2) is 7.56. The van der Waals surface area contributed by atoms with Gasteiger partial charge in [-0.15, -0.1) is 21.5 Å². The Bertz CT molecular complexity index is 947. The molecule has 0 radical (unpaired) electrons. The Morgan fingerprint density at radius 2 is 2.07 bits per heavy atom. The summed E-state index contributed by atoms with van der Waals surface area (Å²) < 4.78 is 19.6.